The molecule has 0 amide bonds. The molecule has 2 N–H and O–H groups in total. The Morgan fingerprint density at radius 3 is 2.71 bits per heavy atom. The lowest BCUT2D eigenvalue weighted by Gasteiger charge is -2.13. The number of aliphatic hydroxyl groups excluding tert-OH is 1. The van der Waals surface area contributed by atoms with Gasteiger partial charge in [-0.25, -0.2) is 4.98 Å². The van der Waals surface area contributed by atoms with Crippen LogP contribution in [-0.4, -0.2) is 27.7 Å². The Kier molecular flexibility index (Phi) is 4.31. The molecule has 1 fully saturated rings. The molecule has 1 aromatic heterocycles. The standard InChI is InChI=1S/C12H14F3N3O3/c13-12(14,15)11-4-9(10(6-17-11)18(20)21)16-5-7-1-2-8(19)3-7/h4,6-8,19H,1-3,5H2,(H,16,17). The van der Waals surface area contributed by atoms with Gasteiger partial charge in [0.25, 0.3) is 0 Å². The van der Waals surface area contributed by atoms with Gasteiger partial charge in [-0.15, -0.1) is 0 Å². The molecule has 1 aliphatic carbocycles. The van der Waals surface area contributed by atoms with E-state index in [1.54, 1.807) is 0 Å². The van der Waals surface area contributed by atoms with Crippen molar-refractivity contribution in [2.24, 2.45) is 5.92 Å². The van der Waals surface area contributed by atoms with Gasteiger partial charge in [0.1, 0.15) is 17.6 Å². The Bertz CT molecular complexity index is 536. The average molecular weight is 305 g/mol. The third-order valence-electron chi connectivity index (χ3n) is 3.46. The highest BCUT2D eigenvalue weighted by atomic mass is 19.4. The maximum absolute atomic E-state index is 12.6. The van der Waals surface area contributed by atoms with Crippen molar-refractivity contribution in [3.05, 3.63) is 28.1 Å². The molecular weight excluding hydrogens is 291 g/mol. The molecule has 0 saturated heterocycles. The lowest BCUT2D eigenvalue weighted by Crippen LogP contribution is -2.15. The van der Waals surface area contributed by atoms with Crippen LogP contribution < -0.4 is 5.32 Å². The van der Waals surface area contributed by atoms with E-state index in [0.29, 0.717) is 25.1 Å². The molecule has 0 bridgehead atoms. The first-order valence-corrected chi connectivity index (χ1v) is 6.41. The highest BCUT2D eigenvalue weighted by Crippen LogP contribution is 2.33. The van der Waals surface area contributed by atoms with E-state index in [9.17, 15) is 28.4 Å². The second-order valence-corrected chi connectivity index (χ2v) is 5.06. The Balaban J connectivity index is 2.16. The van der Waals surface area contributed by atoms with E-state index < -0.39 is 28.6 Å². The largest absolute Gasteiger partial charge is 0.433 e. The van der Waals surface area contributed by atoms with Crippen molar-refractivity contribution in [2.45, 2.75) is 31.5 Å². The summed E-state index contributed by atoms with van der Waals surface area (Å²) in [5.41, 5.74) is -1.88. The van der Waals surface area contributed by atoms with Crippen LogP contribution in [-0.2, 0) is 6.18 Å². The lowest BCUT2D eigenvalue weighted by molar-refractivity contribution is -0.384. The highest BCUT2D eigenvalue weighted by Gasteiger charge is 2.34. The number of nitrogens with zero attached hydrogens (tertiary/aromatic N) is 2. The van der Waals surface area contributed by atoms with Crippen LogP contribution in [0.2, 0.25) is 0 Å². The zero-order valence-electron chi connectivity index (χ0n) is 10.9. The molecule has 1 saturated carbocycles. The summed E-state index contributed by atoms with van der Waals surface area (Å²) in [4.78, 5) is 13.1. The average Bonchev–Trinajstić information content (AvgIpc) is 2.80. The summed E-state index contributed by atoms with van der Waals surface area (Å²) in [5, 5.41) is 22.9. The van der Waals surface area contributed by atoms with Gasteiger partial charge in [0.2, 0.25) is 0 Å². The van der Waals surface area contributed by atoms with Gasteiger partial charge in [0, 0.05) is 6.54 Å². The van der Waals surface area contributed by atoms with Gasteiger partial charge in [-0.2, -0.15) is 13.2 Å². The van der Waals surface area contributed by atoms with Crippen molar-refractivity contribution in [3.63, 3.8) is 0 Å². The zero-order valence-corrected chi connectivity index (χ0v) is 10.9. The minimum Gasteiger partial charge on any atom is -0.393 e. The monoisotopic (exact) mass is 305 g/mol. The first-order valence-electron chi connectivity index (χ1n) is 6.41. The van der Waals surface area contributed by atoms with Crippen molar-refractivity contribution in [1.82, 2.24) is 4.98 Å². The minimum absolute atomic E-state index is 0.0853. The number of rotatable bonds is 4. The fourth-order valence-electron chi connectivity index (χ4n) is 2.38. The number of hydrogen-bond donors (Lipinski definition) is 2. The topological polar surface area (TPSA) is 88.3 Å². The second-order valence-electron chi connectivity index (χ2n) is 5.06. The molecule has 2 atom stereocenters. The molecule has 0 aromatic carbocycles. The van der Waals surface area contributed by atoms with E-state index in [4.69, 9.17) is 0 Å². The lowest BCUT2D eigenvalue weighted by atomic mass is 10.1. The molecule has 1 aliphatic rings. The molecule has 9 heteroatoms. The molecule has 21 heavy (non-hydrogen) atoms. The first kappa shape index (κ1) is 15.5. The number of nitro groups is 1. The molecular formula is C12H14F3N3O3. The van der Waals surface area contributed by atoms with E-state index in [-0.39, 0.29) is 18.2 Å². The first-order chi connectivity index (χ1) is 9.77. The van der Waals surface area contributed by atoms with Gasteiger partial charge in [0.05, 0.1) is 11.0 Å². The quantitative estimate of drug-likeness (QED) is 0.659. The van der Waals surface area contributed by atoms with Gasteiger partial charge < -0.3 is 10.4 Å². The van der Waals surface area contributed by atoms with Crippen LogP contribution in [0.15, 0.2) is 12.3 Å². The van der Waals surface area contributed by atoms with Gasteiger partial charge in [-0.1, -0.05) is 0 Å². The SMILES string of the molecule is O=[N+]([O-])c1cnc(C(F)(F)F)cc1NCC1CCC(O)C1. The summed E-state index contributed by atoms with van der Waals surface area (Å²) in [7, 11) is 0. The highest BCUT2D eigenvalue weighted by molar-refractivity contribution is 5.61. The van der Waals surface area contributed by atoms with E-state index in [2.05, 4.69) is 10.3 Å². The number of anilines is 1. The van der Waals surface area contributed by atoms with Crippen LogP contribution in [0.4, 0.5) is 24.5 Å². The summed E-state index contributed by atoms with van der Waals surface area (Å²) >= 11 is 0. The minimum atomic E-state index is -4.66. The summed E-state index contributed by atoms with van der Waals surface area (Å²) in [6.07, 6.45) is -2.55. The predicted molar refractivity (Wildman–Crippen MR) is 67.7 cm³/mol. The summed E-state index contributed by atoms with van der Waals surface area (Å²) < 4.78 is 37.8. The van der Waals surface area contributed by atoms with Crippen LogP contribution in [0.25, 0.3) is 0 Å². The fraction of sp³-hybridized carbons (Fsp3) is 0.583. The number of halogens is 3. The maximum Gasteiger partial charge on any atom is 0.433 e. The van der Waals surface area contributed by atoms with Gasteiger partial charge >= 0.3 is 11.9 Å². The van der Waals surface area contributed by atoms with Crippen LogP contribution in [0.5, 0.6) is 0 Å². The normalized spacial score (nSPS) is 22.3. The molecule has 0 radical (unpaired) electrons. The number of aliphatic hydroxyl groups is 1. The zero-order chi connectivity index (χ0) is 15.6. The molecule has 0 spiro atoms. The Labute approximate surface area is 118 Å². The van der Waals surface area contributed by atoms with Gasteiger partial charge in [-0.3, -0.25) is 10.1 Å². The smallest absolute Gasteiger partial charge is 0.393 e. The Morgan fingerprint density at radius 1 is 1.48 bits per heavy atom. The van der Waals surface area contributed by atoms with Crippen molar-refractivity contribution >= 4 is 11.4 Å². The third-order valence-corrected chi connectivity index (χ3v) is 3.46. The maximum atomic E-state index is 12.6. The van der Waals surface area contributed by atoms with Crippen molar-refractivity contribution in [3.8, 4) is 0 Å². The van der Waals surface area contributed by atoms with Crippen LogP contribution >= 0.6 is 0 Å². The molecule has 0 aliphatic heterocycles. The summed E-state index contributed by atoms with van der Waals surface area (Å²) in [5.74, 6) is 0.0853. The van der Waals surface area contributed by atoms with Crippen molar-refractivity contribution < 1.29 is 23.2 Å². The number of nitrogens with one attached hydrogen (secondary N) is 1. The van der Waals surface area contributed by atoms with Gasteiger partial charge in [-0.05, 0) is 31.2 Å². The third kappa shape index (κ3) is 3.81. The summed E-state index contributed by atoms with van der Waals surface area (Å²) in [6.45, 7) is 0.277. The van der Waals surface area contributed by atoms with Crippen LogP contribution in [0.1, 0.15) is 25.0 Å². The van der Waals surface area contributed by atoms with Crippen molar-refractivity contribution in [1.29, 1.82) is 0 Å². The number of hydrogen-bond acceptors (Lipinski definition) is 5. The van der Waals surface area contributed by atoms with E-state index in [1.165, 1.54) is 0 Å². The number of aromatic nitrogens is 1. The van der Waals surface area contributed by atoms with E-state index in [1.807, 2.05) is 0 Å². The number of pyridine rings is 1. The molecule has 2 rings (SSSR count). The van der Waals surface area contributed by atoms with E-state index >= 15 is 0 Å². The molecule has 1 heterocycles. The van der Waals surface area contributed by atoms with E-state index in [0.717, 1.165) is 6.42 Å². The molecule has 1 aromatic rings. The van der Waals surface area contributed by atoms with Gasteiger partial charge in [0.15, 0.2) is 0 Å². The van der Waals surface area contributed by atoms with Crippen molar-refractivity contribution in [2.75, 3.05) is 11.9 Å². The Hall–Kier alpha value is -1.90. The molecule has 2 unspecified atom stereocenters. The van der Waals surface area contributed by atoms with Crippen LogP contribution in [0, 0.1) is 16.0 Å². The number of alkyl halides is 3. The molecule has 116 valence electrons. The Morgan fingerprint density at radius 2 is 2.19 bits per heavy atom. The fourth-order valence-corrected chi connectivity index (χ4v) is 2.38. The predicted octanol–water partition coefficient (Wildman–Crippen LogP) is 2.58. The second kappa shape index (κ2) is 5.84. The molecule has 6 nitrogen and oxygen atoms in total. The van der Waals surface area contributed by atoms with Crippen LogP contribution in [0.3, 0.4) is 0 Å². The summed E-state index contributed by atoms with van der Waals surface area (Å²) in [6, 6.07) is 0.642.